The van der Waals surface area contributed by atoms with Crippen LogP contribution in [0.3, 0.4) is 0 Å². The fourth-order valence-electron chi connectivity index (χ4n) is 0.802. The van der Waals surface area contributed by atoms with E-state index in [0.717, 1.165) is 6.42 Å². The Hall–Kier alpha value is -0.530. The zero-order valence-corrected chi connectivity index (χ0v) is 5.18. The van der Waals surface area contributed by atoms with Crippen molar-refractivity contribution in [3.8, 4) is 0 Å². The highest BCUT2D eigenvalue weighted by atomic mass is 16.5. The predicted octanol–water partition coefficient (Wildman–Crippen LogP) is 0.815. The second-order valence-electron chi connectivity index (χ2n) is 2.34. The zero-order chi connectivity index (χ0) is 6.15. The summed E-state index contributed by atoms with van der Waals surface area (Å²) in [4.78, 5) is 10.6. The van der Waals surface area contributed by atoms with Gasteiger partial charge in [0.2, 0.25) is 0 Å². The first-order chi connectivity index (χ1) is 3.75. The van der Waals surface area contributed by atoms with E-state index in [1.54, 1.807) is 0 Å². The maximum atomic E-state index is 10.6. The predicted molar refractivity (Wildman–Crippen MR) is 29.3 cm³/mol. The molecule has 2 nitrogen and oxygen atoms in total. The summed E-state index contributed by atoms with van der Waals surface area (Å²) in [6, 6.07) is 0. The molecule has 0 saturated heterocycles. The van der Waals surface area contributed by atoms with Gasteiger partial charge in [0.25, 0.3) is 0 Å². The lowest BCUT2D eigenvalue weighted by atomic mass is 10.3. The van der Waals surface area contributed by atoms with Gasteiger partial charge in [-0.3, -0.25) is 4.79 Å². The minimum Gasteiger partial charge on any atom is -0.469 e. The number of esters is 1. The highest BCUT2D eigenvalue weighted by Gasteiger charge is 2.39. The van der Waals surface area contributed by atoms with Gasteiger partial charge in [-0.25, -0.2) is 0 Å². The van der Waals surface area contributed by atoms with Crippen LogP contribution in [0.1, 0.15) is 13.3 Å². The maximum absolute atomic E-state index is 10.6. The van der Waals surface area contributed by atoms with Gasteiger partial charge < -0.3 is 4.74 Å². The van der Waals surface area contributed by atoms with Crippen LogP contribution < -0.4 is 0 Å². The lowest BCUT2D eigenvalue weighted by Gasteiger charge is -1.91. The van der Waals surface area contributed by atoms with Crippen LogP contribution >= 0.6 is 0 Å². The SMILES string of the molecule is COC(=O)[C@@H]1C[C@H]1C. The first-order valence-corrected chi connectivity index (χ1v) is 2.83. The van der Waals surface area contributed by atoms with E-state index in [-0.39, 0.29) is 11.9 Å². The smallest absolute Gasteiger partial charge is 0.308 e. The summed E-state index contributed by atoms with van der Waals surface area (Å²) in [5.74, 6) is 0.750. The summed E-state index contributed by atoms with van der Waals surface area (Å²) in [5, 5.41) is 0. The lowest BCUT2D eigenvalue weighted by molar-refractivity contribution is -0.142. The molecule has 1 rings (SSSR count). The van der Waals surface area contributed by atoms with Crippen LogP contribution in [0.4, 0.5) is 0 Å². The molecule has 0 bridgehead atoms. The molecule has 0 radical (unpaired) electrons. The lowest BCUT2D eigenvalue weighted by Crippen LogP contribution is -2.02. The molecule has 46 valence electrons. The quantitative estimate of drug-likeness (QED) is 0.472. The minimum absolute atomic E-state index is 0.0440. The molecule has 0 aliphatic heterocycles. The van der Waals surface area contributed by atoms with Crippen LogP contribution in [0.15, 0.2) is 0 Å². The van der Waals surface area contributed by atoms with Crippen molar-refractivity contribution in [1.29, 1.82) is 0 Å². The molecule has 0 aromatic heterocycles. The van der Waals surface area contributed by atoms with Gasteiger partial charge >= 0.3 is 5.97 Å². The Morgan fingerprint density at radius 3 is 2.38 bits per heavy atom. The van der Waals surface area contributed by atoms with Crippen molar-refractivity contribution < 1.29 is 9.53 Å². The summed E-state index contributed by atoms with van der Waals surface area (Å²) in [6.45, 7) is 2.06. The van der Waals surface area contributed by atoms with Crippen LogP contribution in [0.25, 0.3) is 0 Å². The molecule has 0 heterocycles. The Morgan fingerprint density at radius 1 is 1.75 bits per heavy atom. The van der Waals surface area contributed by atoms with E-state index in [1.807, 2.05) is 0 Å². The normalized spacial score (nSPS) is 34.2. The van der Waals surface area contributed by atoms with E-state index < -0.39 is 0 Å². The summed E-state index contributed by atoms with van der Waals surface area (Å²) in [5.41, 5.74) is 0. The van der Waals surface area contributed by atoms with Gasteiger partial charge in [-0.1, -0.05) is 6.92 Å². The molecule has 0 aromatic carbocycles. The number of carbonyl (C=O) groups is 1. The molecular weight excluding hydrogens is 104 g/mol. The van der Waals surface area contributed by atoms with Gasteiger partial charge in [-0.05, 0) is 12.3 Å². The molecule has 2 heteroatoms. The number of methoxy groups -OCH3 is 1. The number of hydrogen-bond acceptors (Lipinski definition) is 2. The van der Waals surface area contributed by atoms with Crippen LogP contribution in [0, 0.1) is 11.8 Å². The highest BCUT2D eigenvalue weighted by molar-refractivity contribution is 5.75. The third kappa shape index (κ3) is 0.831. The van der Waals surface area contributed by atoms with E-state index >= 15 is 0 Å². The second kappa shape index (κ2) is 1.77. The summed E-state index contributed by atoms with van der Waals surface area (Å²) < 4.78 is 4.51. The van der Waals surface area contributed by atoms with Crippen molar-refractivity contribution in [1.82, 2.24) is 0 Å². The van der Waals surface area contributed by atoms with Gasteiger partial charge in [0.1, 0.15) is 0 Å². The second-order valence-corrected chi connectivity index (χ2v) is 2.34. The molecule has 0 unspecified atom stereocenters. The molecule has 1 aliphatic rings. The van der Waals surface area contributed by atoms with E-state index in [0.29, 0.717) is 5.92 Å². The number of ether oxygens (including phenoxy) is 1. The Labute approximate surface area is 48.8 Å². The molecule has 1 fully saturated rings. The Bertz CT molecular complexity index is 109. The molecule has 1 aliphatic carbocycles. The van der Waals surface area contributed by atoms with E-state index in [1.165, 1.54) is 7.11 Å². The van der Waals surface area contributed by atoms with Crippen LogP contribution in [-0.2, 0) is 9.53 Å². The van der Waals surface area contributed by atoms with Crippen molar-refractivity contribution >= 4 is 5.97 Å². The average Bonchev–Trinajstić information content (AvgIpc) is 2.45. The van der Waals surface area contributed by atoms with Gasteiger partial charge in [-0.15, -0.1) is 0 Å². The van der Waals surface area contributed by atoms with Gasteiger partial charge in [-0.2, -0.15) is 0 Å². The Balaban J connectivity index is 2.28. The van der Waals surface area contributed by atoms with Crippen molar-refractivity contribution in [3.63, 3.8) is 0 Å². The molecular formula is C6H10O2. The third-order valence-electron chi connectivity index (χ3n) is 1.61. The van der Waals surface area contributed by atoms with Gasteiger partial charge in [0.05, 0.1) is 13.0 Å². The van der Waals surface area contributed by atoms with Crippen molar-refractivity contribution in [2.24, 2.45) is 11.8 Å². The molecule has 8 heavy (non-hydrogen) atoms. The first kappa shape index (κ1) is 5.60. The molecule has 0 N–H and O–H groups in total. The number of hydrogen-bond donors (Lipinski definition) is 0. The molecule has 0 spiro atoms. The Morgan fingerprint density at radius 2 is 2.25 bits per heavy atom. The first-order valence-electron chi connectivity index (χ1n) is 2.83. The third-order valence-corrected chi connectivity index (χ3v) is 1.61. The largest absolute Gasteiger partial charge is 0.469 e. The fraction of sp³-hybridized carbons (Fsp3) is 0.833. The Kier molecular flexibility index (Phi) is 1.24. The van der Waals surface area contributed by atoms with E-state index in [9.17, 15) is 4.79 Å². The van der Waals surface area contributed by atoms with Crippen molar-refractivity contribution in [3.05, 3.63) is 0 Å². The summed E-state index contributed by atoms with van der Waals surface area (Å²) >= 11 is 0. The van der Waals surface area contributed by atoms with Gasteiger partial charge in [0.15, 0.2) is 0 Å². The van der Waals surface area contributed by atoms with Crippen LogP contribution in [0.5, 0.6) is 0 Å². The minimum atomic E-state index is -0.0440. The van der Waals surface area contributed by atoms with E-state index in [4.69, 9.17) is 0 Å². The van der Waals surface area contributed by atoms with Crippen molar-refractivity contribution in [2.45, 2.75) is 13.3 Å². The number of carbonyl (C=O) groups excluding carboxylic acids is 1. The monoisotopic (exact) mass is 114 g/mol. The summed E-state index contributed by atoms with van der Waals surface area (Å²) in [7, 11) is 1.44. The highest BCUT2D eigenvalue weighted by Crippen LogP contribution is 2.38. The number of rotatable bonds is 1. The molecule has 0 aromatic rings. The molecule has 2 atom stereocenters. The zero-order valence-electron chi connectivity index (χ0n) is 5.18. The van der Waals surface area contributed by atoms with E-state index in [2.05, 4.69) is 11.7 Å². The maximum Gasteiger partial charge on any atom is 0.308 e. The van der Waals surface area contributed by atoms with Crippen LogP contribution in [-0.4, -0.2) is 13.1 Å². The van der Waals surface area contributed by atoms with Crippen molar-refractivity contribution in [2.75, 3.05) is 7.11 Å². The molecule has 0 amide bonds. The summed E-state index contributed by atoms with van der Waals surface area (Å²) in [6.07, 6.45) is 1.02. The fourth-order valence-corrected chi connectivity index (χ4v) is 0.802. The van der Waals surface area contributed by atoms with Gasteiger partial charge in [0, 0.05) is 0 Å². The average molecular weight is 114 g/mol. The van der Waals surface area contributed by atoms with Crippen LogP contribution in [0.2, 0.25) is 0 Å². The standard InChI is InChI=1S/C6H10O2/c1-4-3-5(4)6(7)8-2/h4-5H,3H2,1-2H3/t4-,5-/m1/s1. The topological polar surface area (TPSA) is 26.3 Å². The molecule has 1 saturated carbocycles.